The van der Waals surface area contributed by atoms with Gasteiger partial charge in [-0.05, 0) is 69.3 Å². The molecule has 2 fully saturated rings. The number of aromatic nitrogens is 2. The van der Waals surface area contributed by atoms with Gasteiger partial charge in [-0.25, -0.2) is 0 Å². The SMILES string of the molecule is CN1CCC[C@@H](N2CCc3c2nnc(-c2ccc4c(c2O)CCO4)c3C2CC2)C1. The summed E-state index contributed by atoms with van der Waals surface area (Å²) in [5, 5.41) is 20.4. The van der Waals surface area contributed by atoms with Crippen molar-refractivity contribution in [3.63, 3.8) is 0 Å². The molecule has 0 spiro atoms. The smallest absolute Gasteiger partial charge is 0.155 e. The van der Waals surface area contributed by atoms with Crippen LogP contribution in [0, 0.1) is 0 Å². The summed E-state index contributed by atoms with van der Waals surface area (Å²) < 4.78 is 5.62. The van der Waals surface area contributed by atoms with E-state index in [2.05, 4.69) is 16.8 Å². The Hall–Kier alpha value is -2.34. The van der Waals surface area contributed by atoms with Gasteiger partial charge in [0, 0.05) is 42.2 Å². The lowest BCUT2D eigenvalue weighted by Gasteiger charge is -2.36. The first kappa shape index (κ1) is 17.5. The molecule has 6 nitrogen and oxygen atoms in total. The Morgan fingerprint density at radius 2 is 1.97 bits per heavy atom. The van der Waals surface area contributed by atoms with Gasteiger partial charge in [-0.2, -0.15) is 0 Å². The molecule has 1 aromatic carbocycles. The lowest BCUT2D eigenvalue weighted by molar-refractivity contribution is 0.245. The fraction of sp³-hybridized carbons (Fsp3) is 0.565. The molecule has 0 bridgehead atoms. The van der Waals surface area contributed by atoms with Crippen molar-refractivity contribution in [2.45, 2.75) is 50.5 Å². The first-order chi connectivity index (χ1) is 14.2. The maximum atomic E-state index is 11.0. The number of nitrogens with zero attached hydrogens (tertiary/aromatic N) is 4. The van der Waals surface area contributed by atoms with E-state index in [1.54, 1.807) is 0 Å². The number of fused-ring (bicyclic) bond motifs is 2. The number of hydrogen-bond donors (Lipinski definition) is 1. The fourth-order valence-electron chi connectivity index (χ4n) is 5.50. The normalized spacial score (nSPS) is 23.8. The van der Waals surface area contributed by atoms with Crippen molar-refractivity contribution in [2.24, 2.45) is 0 Å². The number of benzene rings is 1. The molecule has 3 aliphatic heterocycles. The number of piperidine rings is 1. The minimum Gasteiger partial charge on any atom is -0.507 e. The largest absolute Gasteiger partial charge is 0.507 e. The van der Waals surface area contributed by atoms with Gasteiger partial charge in [0.25, 0.3) is 0 Å². The van der Waals surface area contributed by atoms with E-state index in [4.69, 9.17) is 14.9 Å². The summed E-state index contributed by atoms with van der Waals surface area (Å²) in [4.78, 5) is 4.93. The first-order valence-electron chi connectivity index (χ1n) is 11.0. The van der Waals surface area contributed by atoms with E-state index in [1.165, 1.54) is 43.4 Å². The summed E-state index contributed by atoms with van der Waals surface area (Å²) in [5.41, 5.74) is 5.35. The number of likely N-dealkylation sites (N-methyl/N-ethyl adjacent to an activating group) is 1. The van der Waals surface area contributed by atoms with Crippen LogP contribution in [0.4, 0.5) is 5.82 Å². The van der Waals surface area contributed by atoms with Gasteiger partial charge in [0.1, 0.15) is 17.2 Å². The molecular formula is C23H28N4O2. The Balaban J connectivity index is 1.43. The van der Waals surface area contributed by atoms with Crippen molar-refractivity contribution < 1.29 is 9.84 Å². The van der Waals surface area contributed by atoms with Crippen molar-refractivity contribution in [3.8, 4) is 22.8 Å². The fourth-order valence-corrected chi connectivity index (χ4v) is 5.50. The van der Waals surface area contributed by atoms with Gasteiger partial charge in [-0.3, -0.25) is 0 Å². The Kier molecular flexibility index (Phi) is 3.98. The van der Waals surface area contributed by atoms with Gasteiger partial charge >= 0.3 is 0 Å². The van der Waals surface area contributed by atoms with Crippen LogP contribution >= 0.6 is 0 Å². The van der Waals surface area contributed by atoms with E-state index < -0.39 is 0 Å². The highest BCUT2D eigenvalue weighted by atomic mass is 16.5. The predicted molar refractivity (Wildman–Crippen MR) is 112 cm³/mol. The maximum absolute atomic E-state index is 11.0. The molecule has 1 atom stereocenters. The van der Waals surface area contributed by atoms with E-state index in [-0.39, 0.29) is 0 Å². The van der Waals surface area contributed by atoms with Crippen LogP contribution < -0.4 is 9.64 Å². The molecule has 4 aliphatic rings. The van der Waals surface area contributed by atoms with E-state index in [9.17, 15) is 5.11 Å². The number of phenolic OH excluding ortho intramolecular Hbond substituents is 1. The topological polar surface area (TPSA) is 61.7 Å². The number of likely N-dealkylation sites (tertiary alicyclic amines) is 1. The second kappa shape index (κ2) is 6.59. The lowest BCUT2D eigenvalue weighted by Crippen LogP contribution is -2.46. The number of aromatic hydroxyl groups is 1. The second-order valence-electron chi connectivity index (χ2n) is 9.08. The molecule has 0 amide bonds. The summed E-state index contributed by atoms with van der Waals surface area (Å²) in [7, 11) is 2.22. The maximum Gasteiger partial charge on any atom is 0.155 e. The molecule has 6 rings (SSSR count). The molecule has 1 aliphatic carbocycles. The molecule has 0 unspecified atom stereocenters. The van der Waals surface area contributed by atoms with Crippen molar-refractivity contribution in [2.75, 3.05) is 38.2 Å². The number of hydrogen-bond acceptors (Lipinski definition) is 6. The van der Waals surface area contributed by atoms with Crippen LogP contribution in [0.1, 0.15) is 48.3 Å². The molecule has 0 radical (unpaired) electrons. The highest BCUT2D eigenvalue weighted by molar-refractivity contribution is 5.77. The standard InChI is InChI=1S/C23H28N4O2/c1-26-10-2-3-15(13-26)27-11-8-17-20(14-4-5-14)21(24-25-23(17)27)18-6-7-19-16(22(18)28)9-12-29-19/h6-7,14-15,28H,2-5,8-13H2,1H3/t15-/m1/s1. The van der Waals surface area contributed by atoms with Crippen molar-refractivity contribution >= 4 is 5.82 Å². The minimum atomic E-state index is 0.333. The molecule has 29 heavy (non-hydrogen) atoms. The van der Waals surface area contributed by atoms with Crippen LogP contribution in [0.5, 0.6) is 11.5 Å². The molecule has 152 valence electrons. The zero-order valence-corrected chi connectivity index (χ0v) is 17.0. The van der Waals surface area contributed by atoms with Gasteiger partial charge in [0.05, 0.1) is 6.61 Å². The van der Waals surface area contributed by atoms with Crippen molar-refractivity contribution in [3.05, 3.63) is 28.8 Å². The average molecular weight is 393 g/mol. The number of rotatable bonds is 3. The Bertz CT molecular complexity index is 972. The molecule has 2 aromatic rings. The zero-order chi connectivity index (χ0) is 19.5. The van der Waals surface area contributed by atoms with Gasteiger partial charge in [-0.1, -0.05) is 0 Å². The van der Waals surface area contributed by atoms with Gasteiger partial charge < -0.3 is 19.6 Å². The molecule has 1 aromatic heterocycles. The average Bonchev–Trinajstić information content (AvgIpc) is 3.28. The van der Waals surface area contributed by atoms with Gasteiger partial charge in [0.2, 0.25) is 0 Å². The zero-order valence-electron chi connectivity index (χ0n) is 17.0. The Labute approximate surface area is 171 Å². The quantitative estimate of drug-likeness (QED) is 0.866. The molecule has 1 N–H and O–H groups in total. The first-order valence-corrected chi connectivity index (χ1v) is 11.0. The lowest BCUT2D eigenvalue weighted by atomic mass is 9.95. The van der Waals surface area contributed by atoms with Crippen LogP contribution in [0.2, 0.25) is 0 Å². The third-order valence-electron chi connectivity index (χ3n) is 7.10. The van der Waals surface area contributed by atoms with Crippen molar-refractivity contribution in [1.82, 2.24) is 15.1 Å². The van der Waals surface area contributed by atoms with Crippen LogP contribution in [0.15, 0.2) is 12.1 Å². The Morgan fingerprint density at radius 1 is 1.07 bits per heavy atom. The second-order valence-corrected chi connectivity index (χ2v) is 9.08. The summed E-state index contributed by atoms with van der Waals surface area (Å²) in [6, 6.07) is 4.48. The molecule has 1 saturated heterocycles. The minimum absolute atomic E-state index is 0.333. The third-order valence-corrected chi connectivity index (χ3v) is 7.10. The van der Waals surface area contributed by atoms with E-state index >= 15 is 0 Å². The van der Waals surface area contributed by atoms with Gasteiger partial charge in [0.15, 0.2) is 5.82 Å². The highest BCUT2D eigenvalue weighted by Crippen LogP contribution is 2.51. The number of anilines is 1. The number of ether oxygens (including phenoxy) is 1. The Morgan fingerprint density at radius 3 is 2.79 bits per heavy atom. The monoisotopic (exact) mass is 392 g/mol. The van der Waals surface area contributed by atoms with Crippen molar-refractivity contribution in [1.29, 1.82) is 0 Å². The molecular weight excluding hydrogens is 364 g/mol. The third kappa shape index (κ3) is 2.80. The van der Waals surface area contributed by atoms with Crippen LogP contribution in [0.3, 0.4) is 0 Å². The summed E-state index contributed by atoms with van der Waals surface area (Å²) in [6.07, 6.45) is 6.71. The predicted octanol–water partition coefficient (Wildman–Crippen LogP) is 3.12. The molecule has 1 saturated carbocycles. The van der Waals surface area contributed by atoms with E-state index in [1.807, 2.05) is 12.1 Å². The summed E-state index contributed by atoms with van der Waals surface area (Å²) in [5.74, 6) is 2.80. The molecule has 6 heteroatoms. The van der Waals surface area contributed by atoms with Gasteiger partial charge in [-0.15, -0.1) is 10.2 Å². The van der Waals surface area contributed by atoms with Crippen LogP contribution in [0.25, 0.3) is 11.3 Å². The molecule has 4 heterocycles. The van der Waals surface area contributed by atoms with Crippen LogP contribution in [-0.4, -0.2) is 59.5 Å². The number of phenols is 1. The summed E-state index contributed by atoms with van der Waals surface area (Å²) in [6.45, 7) is 3.97. The highest BCUT2D eigenvalue weighted by Gasteiger charge is 2.38. The van der Waals surface area contributed by atoms with Crippen LogP contribution in [-0.2, 0) is 12.8 Å². The summed E-state index contributed by atoms with van der Waals surface area (Å²) >= 11 is 0. The van der Waals surface area contributed by atoms with E-state index in [0.717, 1.165) is 54.3 Å². The van der Waals surface area contributed by atoms with E-state index in [0.29, 0.717) is 24.3 Å².